The Kier molecular flexibility index (Phi) is 6.82. The Hall–Kier alpha value is -1.26. The van der Waals surface area contributed by atoms with Crippen LogP contribution in [0.4, 0.5) is 11.4 Å². The maximum Gasteiger partial charge on any atom is 0.241 e. The number of halogens is 1. The van der Waals surface area contributed by atoms with Gasteiger partial charge in [0.1, 0.15) is 0 Å². The zero-order valence-electron chi connectivity index (χ0n) is 12.4. The van der Waals surface area contributed by atoms with E-state index in [1.807, 2.05) is 6.92 Å². The predicted molar refractivity (Wildman–Crippen MR) is 86.1 cm³/mol. The zero-order chi connectivity index (χ0) is 15.1. The highest BCUT2D eigenvalue weighted by molar-refractivity contribution is 6.33. The van der Waals surface area contributed by atoms with E-state index < -0.39 is 0 Å². The van der Waals surface area contributed by atoms with Crippen molar-refractivity contribution >= 4 is 28.9 Å². The molecule has 1 amide bonds. The first-order valence-corrected chi connectivity index (χ1v) is 7.47. The fourth-order valence-corrected chi connectivity index (χ4v) is 2.23. The molecule has 5 heteroatoms. The minimum Gasteiger partial charge on any atom is -0.397 e. The smallest absolute Gasteiger partial charge is 0.241 e. The van der Waals surface area contributed by atoms with Crippen LogP contribution in [0.5, 0.6) is 0 Å². The molecule has 0 aromatic heterocycles. The van der Waals surface area contributed by atoms with Gasteiger partial charge in [-0.05, 0) is 51.1 Å². The monoisotopic (exact) mass is 297 g/mol. The van der Waals surface area contributed by atoms with Crippen LogP contribution in [0.2, 0.25) is 5.02 Å². The van der Waals surface area contributed by atoms with Crippen molar-refractivity contribution in [2.75, 3.05) is 24.1 Å². The van der Waals surface area contributed by atoms with Crippen molar-refractivity contribution in [3.63, 3.8) is 0 Å². The predicted octanol–water partition coefficient (Wildman–Crippen LogP) is 3.37. The summed E-state index contributed by atoms with van der Waals surface area (Å²) in [6.45, 7) is 8.01. The molecule has 112 valence electrons. The van der Waals surface area contributed by atoms with E-state index in [9.17, 15) is 4.79 Å². The molecule has 0 bridgehead atoms. The van der Waals surface area contributed by atoms with Crippen LogP contribution in [0.3, 0.4) is 0 Å². The van der Waals surface area contributed by atoms with Crippen LogP contribution < -0.4 is 11.1 Å². The summed E-state index contributed by atoms with van der Waals surface area (Å²) in [7, 11) is 0. The van der Waals surface area contributed by atoms with Gasteiger partial charge in [-0.25, -0.2) is 0 Å². The minimum atomic E-state index is -0.160. The number of amides is 1. The second-order valence-electron chi connectivity index (χ2n) is 4.94. The van der Waals surface area contributed by atoms with Crippen molar-refractivity contribution in [3.05, 3.63) is 23.2 Å². The van der Waals surface area contributed by atoms with E-state index in [0.717, 1.165) is 25.9 Å². The molecular weight excluding hydrogens is 274 g/mol. The molecule has 1 unspecified atom stereocenters. The van der Waals surface area contributed by atoms with Gasteiger partial charge < -0.3 is 11.1 Å². The molecule has 1 atom stereocenters. The van der Waals surface area contributed by atoms with Gasteiger partial charge in [0.2, 0.25) is 5.91 Å². The molecule has 0 heterocycles. The van der Waals surface area contributed by atoms with Crippen LogP contribution in [-0.4, -0.2) is 29.9 Å². The molecule has 0 radical (unpaired) electrons. The van der Waals surface area contributed by atoms with Gasteiger partial charge in [0.05, 0.1) is 16.8 Å². The number of nitrogen functional groups attached to an aromatic ring is 1. The summed E-state index contributed by atoms with van der Waals surface area (Å²) in [6.07, 6.45) is 2.07. The minimum absolute atomic E-state index is 0.0198. The third kappa shape index (κ3) is 4.69. The van der Waals surface area contributed by atoms with Crippen molar-refractivity contribution in [2.24, 2.45) is 0 Å². The molecule has 20 heavy (non-hydrogen) atoms. The number of benzene rings is 1. The van der Waals surface area contributed by atoms with Gasteiger partial charge >= 0.3 is 0 Å². The highest BCUT2D eigenvalue weighted by atomic mass is 35.5. The molecule has 1 rings (SSSR count). The molecule has 0 aliphatic carbocycles. The van der Waals surface area contributed by atoms with Gasteiger partial charge in [0, 0.05) is 5.69 Å². The third-order valence-electron chi connectivity index (χ3n) is 3.21. The molecule has 0 aliphatic heterocycles. The number of anilines is 2. The van der Waals surface area contributed by atoms with Crippen LogP contribution in [-0.2, 0) is 4.79 Å². The second kappa shape index (κ2) is 8.12. The second-order valence-corrected chi connectivity index (χ2v) is 5.34. The molecule has 0 spiro atoms. The van der Waals surface area contributed by atoms with Crippen LogP contribution >= 0.6 is 11.6 Å². The zero-order valence-corrected chi connectivity index (χ0v) is 13.2. The summed E-state index contributed by atoms with van der Waals surface area (Å²) in [5.74, 6) is -0.0198. The Bertz CT molecular complexity index is 445. The van der Waals surface area contributed by atoms with Gasteiger partial charge in [-0.3, -0.25) is 9.69 Å². The lowest BCUT2D eigenvalue weighted by molar-refractivity contribution is -0.120. The average Bonchev–Trinajstić information content (AvgIpc) is 2.42. The van der Waals surface area contributed by atoms with Crippen LogP contribution in [0, 0.1) is 0 Å². The summed E-state index contributed by atoms with van der Waals surface area (Å²) in [5, 5.41) is 3.38. The van der Waals surface area contributed by atoms with Crippen LogP contribution in [0.15, 0.2) is 18.2 Å². The topological polar surface area (TPSA) is 58.4 Å². The molecule has 3 N–H and O–H groups in total. The van der Waals surface area contributed by atoms with E-state index in [1.165, 1.54) is 0 Å². The molecule has 1 aromatic rings. The molecule has 0 fully saturated rings. The molecule has 0 saturated heterocycles. The van der Waals surface area contributed by atoms with E-state index in [1.54, 1.807) is 18.2 Å². The summed E-state index contributed by atoms with van der Waals surface area (Å²) in [6, 6.07) is 4.96. The number of rotatable bonds is 7. The summed E-state index contributed by atoms with van der Waals surface area (Å²) in [5.41, 5.74) is 6.88. The van der Waals surface area contributed by atoms with Crippen LogP contribution in [0.1, 0.15) is 33.6 Å². The molecule has 4 nitrogen and oxygen atoms in total. The fraction of sp³-hybridized carbons (Fsp3) is 0.533. The Morgan fingerprint density at radius 1 is 1.35 bits per heavy atom. The van der Waals surface area contributed by atoms with Gasteiger partial charge in [0.25, 0.3) is 0 Å². The summed E-state index contributed by atoms with van der Waals surface area (Å²) < 4.78 is 0. The number of nitrogens with zero attached hydrogens (tertiary/aromatic N) is 1. The highest BCUT2D eigenvalue weighted by Gasteiger charge is 2.20. The van der Waals surface area contributed by atoms with Gasteiger partial charge in [-0.1, -0.05) is 25.4 Å². The van der Waals surface area contributed by atoms with Gasteiger partial charge in [-0.2, -0.15) is 0 Å². The summed E-state index contributed by atoms with van der Waals surface area (Å²) in [4.78, 5) is 14.5. The van der Waals surface area contributed by atoms with Crippen molar-refractivity contribution in [2.45, 2.75) is 39.7 Å². The number of hydrogen-bond donors (Lipinski definition) is 2. The lowest BCUT2D eigenvalue weighted by Gasteiger charge is -2.27. The first-order chi connectivity index (χ1) is 9.49. The number of nitrogens with two attached hydrogens (primary N) is 1. The van der Waals surface area contributed by atoms with Gasteiger partial charge in [-0.15, -0.1) is 0 Å². The Balaban J connectivity index is 2.70. The lowest BCUT2D eigenvalue weighted by atomic mass is 10.2. The normalized spacial score (nSPS) is 12.4. The van der Waals surface area contributed by atoms with Crippen LogP contribution in [0.25, 0.3) is 0 Å². The number of hydrogen-bond acceptors (Lipinski definition) is 3. The maximum atomic E-state index is 12.3. The third-order valence-corrected chi connectivity index (χ3v) is 3.56. The first-order valence-electron chi connectivity index (χ1n) is 7.09. The number of carbonyl (C=O) groups is 1. The molecule has 0 saturated carbocycles. The quantitative estimate of drug-likeness (QED) is 0.759. The van der Waals surface area contributed by atoms with Crippen molar-refractivity contribution < 1.29 is 4.79 Å². The largest absolute Gasteiger partial charge is 0.397 e. The standard InChI is InChI=1S/C15H24ClN3O/c1-4-8-19(9-5-2)11(3)15(20)18-12-6-7-13(16)14(17)10-12/h6-7,10-11H,4-5,8-9,17H2,1-3H3,(H,18,20). The van der Waals surface area contributed by atoms with E-state index in [-0.39, 0.29) is 11.9 Å². The SMILES string of the molecule is CCCN(CCC)C(C)C(=O)Nc1ccc(Cl)c(N)c1. The van der Waals surface area contributed by atoms with Crippen molar-refractivity contribution in [1.29, 1.82) is 0 Å². The van der Waals surface area contributed by atoms with E-state index >= 15 is 0 Å². The van der Waals surface area contributed by atoms with E-state index in [2.05, 4.69) is 24.1 Å². The molecule has 1 aromatic carbocycles. The van der Waals surface area contributed by atoms with E-state index in [4.69, 9.17) is 17.3 Å². The fourth-order valence-electron chi connectivity index (χ4n) is 2.11. The maximum absolute atomic E-state index is 12.3. The van der Waals surface area contributed by atoms with Crippen molar-refractivity contribution in [3.8, 4) is 0 Å². The average molecular weight is 298 g/mol. The molecular formula is C15H24ClN3O. The number of nitrogens with one attached hydrogen (secondary N) is 1. The summed E-state index contributed by atoms with van der Waals surface area (Å²) >= 11 is 5.87. The van der Waals surface area contributed by atoms with E-state index in [0.29, 0.717) is 16.4 Å². The first kappa shape index (κ1) is 16.8. The highest BCUT2D eigenvalue weighted by Crippen LogP contribution is 2.22. The Morgan fingerprint density at radius 3 is 2.45 bits per heavy atom. The van der Waals surface area contributed by atoms with Crippen molar-refractivity contribution in [1.82, 2.24) is 4.90 Å². The Morgan fingerprint density at radius 2 is 1.95 bits per heavy atom. The Labute approximate surface area is 126 Å². The number of carbonyl (C=O) groups excluding carboxylic acids is 1. The van der Waals surface area contributed by atoms with Gasteiger partial charge in [0.15, 0.2) is 0 Å². The lowest BCUT2D eigenvalue weighted by Crippen LogP contribution is -2.42. The molecule has 0 aliphatic rings.